The fourth-order valence-electron chi connectivity index (χ4n) is 4.65. The van der Waals surface area contributed by atoms with Gasteiger partial charge in [-0.1, -0.05) is 60.7 Å². The van der Waals surface area contributed by atoms with E-state index in [1.807, 2.05) is 54.6 Å². The molecule has 1 unspecified atom stereocenters. The molecule has 2 atom stereocenters. The number of hydrogen-bond acceptors (Lipinski definition) is 5. The Kier molecular flexibility index (Phi) is 9.15. The molecule has 0 aromatic heterocycles. The van der Waals surface area contributed by atoms with E-state index in [0.717, 1.165) is 29.2 Å². The molecule has 3 aromatic rings. The van der Waals surface area contributed by atoms with E-state index in [4.69, 9.17) is 11.1 Å². The Morgan fingerprint density at radius 3 is 2.46 bits per heavy atom. The van der Waals surface area contributed by atoms with Gasteiger partial charge in [0.25, 0.3) is 0 Å². The Morgan fingerprint density at radius 1 is 1.00 bits per heavy atom. The summed E-state index contributed by atoms with van der Waals surface area (Å²) in [6.45, 7) is 1.81. The van der Waals surface area contributed by atoms with Gasteiger partial charge in [0.05, 0.1) is 11.3 Å². The molecule has 11 heteroatoms. The molecular weight excluding hydrogens is 516 g/mol. The van der Waals surface area contributed by atoms with Crippen molar-refractivity contribution in [2.75, 3.05) is 19.6 Å². The standard InChI is InChI=1S/C28H34N6O4S/c29-28(30)34-14-6-9-21(19-34)18-31-26(35)16-25(27(36)32-17-20-7-2-1-3-8-20)33-39(37,38)24-13-12-22-10-4-5-11-23(22)15-24/h1-5,7-8,10-13,15,21,25,33H,6,9,14,16-19H2,(H3,29,30)(H,31,35)(H,32,36)/t21?,25-/m0/s1. The van der Waals surface area contributed by atoms with Crippen molar-refractivity contribution in [2.45, 2.75) is 36.7 Å². The number of hydrogen-bond donors (Lipinski definition) is 5. The quantitative estimate of drug-likeness (QED) is 0.192. The SMILES string of the molecule is N=C(N)N1CCCC(CNC(=O)C[C@H](NS(=O)(=O)c2ccc3ccccc3c2)C(=O)NCc2ccccc2)C1. The summed E-state index contributed by atoms with van der Waals surface area (Å²) in [5.41, 5.74) is 6.45. The molecule has 0 spiro atoms. The second-order valence-corrected chi connectivity index (χ2v) is 11.4. The van der Waals surface area contributed by atoms with E-state index in [-0.39, 0.29) is 29.7 Å². The number of benzene rings is 3. The number of amides is 2. The van der Waals surface area contributed by atoms with E-state index in [0.29, 0.717) is 19.6 Å². The third-order valence-electron chi connectivity index (χ3n) is 6.79. The molecule has 4 rings (SSSR count). The summed E-state index contributed by atoms with van der Waals surface area (Å²) in [6.07, 6.45) is 1.37. The molecule has 0 radical (unpaired) electrons. The number of nitrogens with zero attached hydrogens (tertiary/aromatic N) is 1. The summed E-state index contributed by atoms with van der Waals surface area (Å²) in [7, 11) is -4.11. The van der Waals surface area contributed by atoms with Crippen LogP contribution in [0.5, 0.6) is 0 Å². The van der Waals surface area contributed by atoms with Crippen LogP contribution >= 0.6 is 0 Å². The highest BCUT2D eigenvalue weighted by molar-refractivity contribution is 7.89. The van der Waals surface area contributed by atoms with Gasteiger partial charge in [-0.3, -0.25) is 15.0 Å². The van der Waals surface area contributed by atoms with Crippen molar-refractivity contribution < 1.29 is 18.0 Å². The molecule has 1 fully saturated rings. The van der Waals surface area contributed by atoms with Crippen LogP contribution in [0.1, 0.15) is 24.8 Å². The van der Waals surface area contributed by atoms with E-state index in [1.165, 1.54) is 6.07 Å². The van der Waals surface area contributed by atoms with Crippen LogP contribution < -0.4 is 21.1 Å². The monoisotopic (exact) mass is 550 g/mol. The van der Waals surface area contributed by atoms with Crippen LogP contribution in [0.2, 0.25) is 0 Å². The molecule has 6 N–H and O–H groups in total. The lowest BCUT2D eigenvalue weighted by Gasteiger charge is -2.33. The third kappa shape index (κ3) is 7.78. The molecule has 10 nitrogen and oxygen atoms in total. The maximum Gasteiger partial charge on any atom is 0.241 e. The number of carbonyl (C=O) groups is 2. The number of carbonyl (C=O) groups excluding carboxylic acids is 2. The van der Waals surface area contributed by atoms with Gasteiger partial charge in [0.2, 0.25) is 21.8 Å². The lowest BCUT2D eigenvalue weighted by atomic mass is 9.98. The topological polar surface area (TPSA) is 157 Å². The number of nitrogens with two attached hydrogens (primary N) is 1. The van der Waals surface area contributed by atoms with Crippen LogP contribution in [0.25, 0.3) is 10.8 Å². The van der Waals surface area contributed by atoms with Crippen molar-refractivity contribution in [3.05, 3.63) is 78.4 Å². The normalized spacial score (nSPS) is 16.4. The molecule has 1 saturated heterocycles. The number of guanidine groups is 1. The highest BCUT2D eigenvalue weighted by Gasteiger charge is 2.29. The first-order valence-corrected chi connectivity index (χ1v) is 14.4. The smallest absolute Gasteiger partial charge is 0.241 e. The zero-order valence-corrected chi connectivity index (χ0v) is 22.4. The minimum absolute atomic E-state index is 0.00396. The van der Waals surface area contributed by atoms with Gasteiger partial charge >= 0.3 is 0 Å². The second kappa shape index (κ2) is 12.7. The van der Waals surface area contributed by atoms with Gasteiger partial charge in [-0.15, -0.1) is 0 Å². The molecule has 0 bridgehead atoms. The lowest BCUT2D eigenvalue weighted by molar-refractivity contribution is -0.128. The van der Waals surface area contributed by atoms with Gasteiger partial charge in [0.1, 0.15) is 6.04 Å². The van der Waals surface area contributed by atoms with Crippen LogP contribution in [0.15, 0.2) is 77.7 Å². The van der Waals surface area contributed by atoms with Crippen molar-refractivity contribution in [2.24, 2.45) is 11.7 Å². The molecule has 0 aliphatic carbocycles. The average Bonchev–Trinajstić information content (AvgIpc) is 2.94. The van der Waals surface area contributed by atoms with Gasteiger partial charge in [-0.05, 0) is 47.2 Å². The first-order valence-electron chi connectivity index (χ1n) is 12.9. The van der Waals surface area contributed by atoms with E-state index in [1.54, 1.807) is 17.0 Å². The number of rotatable bonds is 10. The maximum absolute atomic E-state index is 13.3. The van der Waals surface area contributed by atoms with Gasteiger partial charge in [0, 0.05) is 26.2 Å². The number of piperidine rings is 1. The number of sulfonamides is 1. The Bertz CT molecular complexity index is 1430. The second-order valence-electron chi connectivity index (χ2n) is 9.73. The number of likely N-dealkylation sites (tertiary alicyclic amines) is 1. The van der Waals surface area contributed by atoms with Crippen molar-refractivity contribution in [3.63, 3.8) is 0 Å². The van der Waals surface area contributed by atoms with Crippen molar-refractivity contribution in [1.29, 1.82) is 5.41 Å². The fourth-order valence-corrected chi connectivity index (χ4v) is 5.88. The summed E-state index contributed by atoms with van der Waals surface area (Å²) < 4.78 is 29.0. The van der Waals surface area contributed by atoms with Crippen LogP contribution in [0, 0.1) is 11.3 Å². The van der Waals surface area contributed by atoms with Crippen molar-refractivity contribution >= 4 is 38.6 Å². The zero-order chi connectivity index (χ0) is 27.8. The zero-order valence-electron chi connectivity index (χ0n) is 21.6. The largest absolute Gasteiger partial charge is 0.370 e. The highest BCUT2D eigenvalue weighted by Crippen LogP contribution is 2.20. The summed E-state index contributed by atoms with van der Waals surface area (Å²) in [5.74, 6) is -0.940. The van der Waals surface area contributed by atoms with Gasteiger partial charge < -0.3 is 21.3 Å². The molecular formula is C28H34N6O4S. The fraction of sp³-hybridized carbons (Fsp3) is 0.321. The Hall–Kier alpha value is -3.96. The van der Waals surface area contributed by atoms with Crippen LogP contribution in [-0.2, 0) is 26.2 Å². The Labute approximate surface area is 228 Å². The van der Waals surface area contributed by atoms with E-state index >= 15 is 0 Å². The van der Waals surface area contributed by atoms with Gasteiger partial charge in [0.15, 0.2) is 5.96 Å². The predicted molar refractivity (Wildman–Crippen MR) is 150 cm³/mol. The van der Waals surface area contributed by atoms with Gasteiger partial charge in [-0.25, -0.2) is 8.42 Å². The van der Waals surface area contributed by atoms with Crippen LogP contribution in [0.4, 0.5) is 0 Å². The molecule has 39 heavy (non-hydrogen) atoms. The summed E-state index contributed by atoms with van der Waals surface area (Å²) in [6, 6.07) is 20.0. The summed E-state index contributed by atoms with van der Waals surface area (Å²) in [4.78, 5) is 27.8. The molecule has 206 valence electrons. The van der Waals surface area contributed by atoms with Crippen molar-refractivity contribution in [1.82, 2.24) is 20.3 Å². The summed E-state index contributed by atoms with van der Waals surface area (Å²) >= 11 is 0. The first-order chi connectivity index (χ1) is 18.7. The molecule has 1 heterocycles. The average molecular weight is 551 g/mol. The maximum atomic E-state index is 13.3. The van der Waals surface area contributed by atoms with Crippen LogP contribution in [0.3, 0.4) is 0 Å². The van der Waals surface area contributed by atoms with Crippen LogP contribution in [-0.4, -0.2) is 56.8 Å². The van der Waals surface area contributed by atoms with Crippen molar-refractivity contribution in [3.8, 4) is 0 Å². The van der Waals surface area contributed by atoms with E-state index < -0.39 is 27.9 Å². The van der Waals surface area contributed by atoms with E-state index in [2.05, 4.69) is 15.4 Å². The summed E-state index contributed by atoms with van der Waals surface area (Å²) in [5, 5.41) is 14.8. The molecule has 1 aliphatic rings. The lowest BCUT2D eigenvalue weighted by Crippen LogP contribution is -2.50. The minimum atomic E-state index is -4.11. The Morgan fingerprint density at radius 2 is 1.72 bits per heavy atom. The van der Waals surface area contributed by atoms with Gasteiger partial charge in [-0.2, -0.15) is 4.72 Å². The molecule has 3 aromatic carbocycles. The first kappa shape index (κ1) is 28.1. The van der Waals surface area contributed by atoms with E-state index in [9.17, 15) is 18.0 Å². The third-order valence-corrected chi connectivity index (χ3v) is 8.26. The molecule has 2 amide bonds. The predicted octanol–water partition coefficient (Wildman–Crippen LogP) is 1.91. The highest BCUT2D eigenvalue weighted by atomic mass is 32.2. The number of nitrogens with one attached hydrogen (secondary N) is 4. The molecule has 1 aliphatic heterocycles. The Balaban J connectivity index is 1.45. The minimum Gasteiger partial charge on any atom is -0.370 e. The molecule has 0 saturated carbocycles. The number of fused-ring (bicyclic) bond motifs is 1.